The summed E-state index contributed by atoms with van der Waals surface area (Å²) in [5.74, 6) is -2.05. The molecule has 0 saturated carbocycles. The Labute approximate surface area is 96.9 Å². The highest BCUT2D eigenvalue weighted by Gasteiger charge is 2.20. The molecule has 2 nitrogen and oxygen atoms in total. The number of carbonyl (C=O) groups excluding carboxylic acids is 1. The van der Waals surface area contributed by atoms with Gasteiger partial charge in [-0.25, -0.2) is 8.78 Å². The fourth-order valence-corrected chi connectivity index (χ4v) is 1.56. The molecule has 0 fully saturated rings. The fourth-order valence-electron chi connectivity index (χ4n) is 1.56. The Morgan fingerprint density at radius 2 is 1.82 bits per heavy atom. The third-order valence-electron chi connectivity index (χ3n) is 2.56. The summed E-state index contributed by atoms with van der Waals surface area (Å²) in [6.45, 7) is 3.16. The van der Waals surface area contributed by atoms with Crippen LogP contribution in [0, 0.1) is 25.5 Å². The van der Waals surface area contributed by atoms with E-state index in [0.717, 1.165) is 0 Å². The first-order chi connectivity index (χ1) is 8.00. The van der Waals surface area contributed by atoms with Crippen molar-refractivity contribution in [2.24, 2.45) is 0 Å². The Hall–Kier alpha value is -1.97. The Kier molecular flexibility index (Phi) is 2.79. The van der Waals surface area contributed by atoms with Crippen LogP contribution in [0.2, 0.25) is 0 Å². The smallest absolute Gasteiger partial charge is 0.231 e. The van der Waals surface area contributed by atoms with E-state index in [4.69, 9.17) is 4.42 Å². The van der Waals surface area contributed by atoms with Crippen molar-refractivity contribution in [2.45, 2.75) is 13.8 Å². The van der Waals surface area contributed by atoms with Gasteiger partial charge in [-0.3, -0.25) is 4.79 Å². The van der Waals surface area contributed by atoms with Crippen LogP contribution in [0.1, 0.15) is 27.2 Å². The van der Waals surface area contributed by atoms with Crippen molar-refractivity contribution >= 4 is 5.78 Å². The third kappa shape index (κ3) is 1.98. The Morgan fingerprint density at radius 3 is 2.41 bits per heavy atom. The van der Waals surface area contributed by atoms with Gasteiger partial charge in [0.05, 0.1) is 11.8 Å². The molecule has 0 saturated heterocycles. The van der Waals surface area contributed by atoms with Gasteiger partial charge >= 0.3 is 0 Å². The highest BCUT2D eigenvalue weighted by molar-refractivity contribution is 6.08. The topological polar surface area (TPSA) is 30.2 Å². The number of hydrogen-bond acceptors (Lipinski definition) is 2. The highest BCUT2D eigenvalue weighted by Crippen LogP contribution is 2.20. The predicted molar refractivity (Wildman–Crippen MR) is 58.0 cm³/mol. The van der Waals surface area contributed by atoms with Gasteiger partial charge in [0.2, 0.25) is 5.78 Å². The Morgan fingerprint density at radius 1 is 1.12 bits per heavy atom. The summed E-state index contributed by atoms with van der Waals surface area (Å²) in [5.41, 5.74) is 0.664. The van der Waals surface area contributed by atoms with E-state index >= 15 is 0 Å². The largest absolute Gasteiger partial charge is 0.461 e. The molecule has 0 spiro atoms. The van der Waals surface area contributed by atoms with Gasteiger partial charge in [0, 0.05) is 6.07 Å². The molecule has 0 aliphatic carbocycles. The quantitative estimate of drug-likeness (QED) is 0.748. The van der Waals surface area contributed by atoms with E-state index in [2.05, 4.69) is 0 Å². The maximum Gasteiger partial charge on any atom is 0.231 e. The number of furan rings is 1. The Bertz CT molecular complexity index is 585. The lowest BCUT2D eigenvalue weighted by Crippen LogP contribution is -2.06. The first-order valence-corrected chi connectivity index (χ1v) is 5.05. The van der Waals surface area contributed by atoms with E-state index in [0.29, 0.717) is 11.6 Å². The van der Waals surface area contributed by atoms with Gasteiger partial charge in [0.25, 0.3) is 0 Å². The van der Waals surface area contributed by atoms with E-state index in [1.807, 2.05) is 0 Å². The van der Waals surface area contributed by atoms with Crippen LogP contribution < -0.4 is 0 Å². The van der Waals surface area contributed by atoms with E-state index < -0.39 is 17.4 Å². The lowest BCUT2D eigenvalue weighted by atomic mass is 10.0. The van der Waals surface area contributed by atoms with E-state index in [1.165, 1.54) is 19.3 Å². The van der Waals surface area contributed by atoms with Crippen LogP contribution >= 0.6 is 0 Å². The molecule has 2 aromatic rings. The van der Waals surface area contributed by atoms with Crippen LogP contribution in [0.5, 0.6) is 0 Å². The number of hydrogen-bond donors (Lipinski definition) is 0. The van der Waals surface area contributed by atoms with E-state index in [1.54, 1.807) is 13.0 Å². The molecular weight excluding hydrogens is 226 g/mol. The van der Waals surface area contributed by atoms with Gasteiger partial charge in [-0.15, -0.1) is 0 Å². The SMILES string of the molecule is Cc1cc(C(=O)c2occc2C)c(F)cc1F. The first kappa shape index (κ1) is 11.5. The summed E-state index contributed by atoms with van der Waals surface area (Å²) in [4.78, 5) is 12.0. The van der Waals surface area contributed by atoms with Gasteiger partial charge in [0.15, 0.2) is 5.76 Å². The molecule has 1 aromatic carbocycles. The Balaban J connectivity index is 2.52. The lowest BCUT2D eigenvalue weighted by Gasteiger charge is -2.03. The van der Waals surface area contributed by atoms with Crippen molar-refractivity contribution in [1.82, 2.24) is 0 Å². The van der Waals surface area contributed by atoms with Gasteiger partial charge < -0.3 is 4.42 Å². The van der Waals surface area contributed by atoms with Gasteiger partial charge in [-0.05, 0) is 37.1 Å². The van der Waals surface area contributed by atoms with Crippen LogP contribution in [0.4, 0.5) is 8.78 Å². The minimum atomic E-state index is -0.881. The molecule has 0 aliphatic rings. The highest BCUT2D eigenvalue weighted by atomic mass is 19.1. The van der Waals surface area contributed by atoms with Crippen LogP contribution in [0.15, 0.2) is 28.9 Å². The normalized spacial score (nSPS) is 10.6. The zero-order valence-corrected chi connectivity index (χ0v) is 9.38. The fraction of sp³-hybridized carbons (Fsp3) is 0.154. The van der Waals surface area contributed by atoms with Crippen molar-refractivity contribution in [3.8, 4) is 0 Å². The monoisotopic (exact) mass is 236 g/mol. The molecule has 0 N–H and O–H groups in total. The molecule has 0 amide bonds. The van der Waals surface area contributed by atoms with Crippen molar-refractivity contribution in [3.63, 3.8) is 0 Å². The second kappa shape index (κ2) is 4.13. The summed E-state index contributed by atoms with van der Waals surface area (Å²) >= 11 is 0. The zero-order valence-electron chi connectivity index (χ0n) is 9.38. The standard InChI is InChI=1S/C13H10F2O2/c1-7-3-4-17-13(7)12(16)9-5-8(2)10(14)6-11(9)15/h3-6H,1-2H3. The molecule has 17 heavy (non-hydrogen) atoms. The summed E-state index contributed by atoms with van der Waals surface area (Å²) in [7, 11) is 0. The second-order valence-corrected chi connectivity index (χ2v) is 3.84. The number of rotatable bonds is 2. The molecule has 0 atom stereocenters. The van der Waals surface area contributed by atoms with Gasteiger partial charge in [-0.2, -0.15) is 0 Å². The third-order valence-corrected chi connectivity index (χ3v) is 2.56. The maximum atomic E-state index is 13.5. The summed E-state index contributed by atoms with van der Waals surface area (Å²) < 4.78 is 31.6. The van der Waals surface area contributed by atoms with Crippen LogP contribution in [-0.2, 0) is 0 Å². The molecule has 88 valence electrons. The number of halogens is 2. The summed E-state index contributed by atoms with van der Waals surface area (Å²) in [6.07, 6.45) is 1.36. The van der Waals surface area contributed by atoms with Crippen molar-refractivity contribution < 1.29 is 18.0 Å². The summed E-state index contributed by atoms with van der Waals surface area (Å²) in [5, 5.41) is 0. The van der Waals surface area contributed by atoms with E-state index in [-0.39, 0.29) is 16.9 Å². The van der Waals surface area contributed by atoms with Crippen molar-refractivity contribution in [3.05, 3.63) is 58.5 Å². The molecule has 2 rings (SSSR count). The molecule has 4 heteroatoms. The number of aryl methyl sites for hydroxylation is 2. The zero-order chi connectivity index (χ0) is 12.6. The number of ketones is 1. The average Bonchev–Trinajstić information content (AvgIpc) is 2.69. The molecule has 0 aliphatic heterocycles. The van der Waals surface area contributed by atoms with Crippen molar-refractivity contribution in [2.75, 3.05) is 0 Å². The van der Waals surface area contributed by atoms with Crippen molar-refractivity contribution in [1.29, 1.82) is 0 Å². The van der Waals surface area contributed by atoms with Crippen LogP contribution in [0.25, 0.3) is 0 Å². The molecule has 1 aromatic heterocycles. The minimum Gasteiger partial charge on any atom is -0.461 e. The van der Waals surface area contributed by atoms with Crippen LogP contribution in [0.3, 0.4) is 0 Å². The first-order valence-electron chi connectivity index (χ1n) is 5.05. The number of carbonyl (C=O) groups is 1. The lowest BCUT2D eigenvalue weighted by molar-refractivity contribution is 0.100. The molecular formula is C13H10F2O2. The van der Waals surface area contributed by atoms with Crippen LogP contribution in [-0.4, -0.2) is 5.78 Å². The van der Waals surface area contributed by atoms with Gasteiger partial charge in [-0.1, -0.05) is 0 Å². The number of benzene rings is 1. The average molecular weight is 236 g/mol. The molecule has 1 heterocycles. The minimum absolute atomic E-state index is 0.0786. The second-order valence-electron chi connectivity index (χ2n) is 3.84. The molecule has 0 bridgehead atoms. The van der Waals surface area contributed by atoms with Gasteiger partial charge in [0.1, 0.15) is 11.6 Å². The molecule has 0 radical (unpaired) electrons. The van der Waals surface area contributed by atoms with E-state index in [9.17, 15) is 13.6 Å². The predicted octanol–water partition coefficient (Wildman–Crippen LogP) is 3.41. The molecule has 0 unspecified atom stereocenters. The maximum absolute atomic E-state index is 13.5. The summed E-state index contributed by atoms with van der Waals surface area (Å²) in [6, 6.07) is 3.51.